The Morgan fingerprint density at radius 3 is 2.27 bits per heavy atom. The smallest absolute Gasteiger partial charge is 0.416 e. The molecule has 1 aliphatic rings. The second-order valence-electron chi connectivity index (χ2n) is 10.6. The van der Waals surface area contributed by atoms with Crippen molar-refractivity contribution in [1.82, 2.24) is 20.5 Å². The first-order valence-electron chi connectivity index (χ1n) is 12.2. The summed E-state index contributed by atoms with van der Waals surface area (Å²) in [6.07, 6.45) is -9.38. The van der Waals surface area contributed by atoms with Crippen molar-refractivity contribution in [3.05, 3.63) is 23.9 Å². The van der Waals surface area contributed by atoms with Gasteiger partial charge in [-0.15, -0.1) is 0 Å². The lowest BCUT2D eigenvalue weighted by Gasteiger charge is -2.30. The van der Waals surface area contributed by atoms with Gasteiger partial charge in [-0.2, -0.15) is 26.3 Å². The number of anilines is 1. The van der Waals surface area contributed by atoms with Gasteiger partial charge in [0.05, 0.1) is 25.8 Å². The van der Waals surface area contributed by atoms with Crippen LogP contribution in [-0.2, 0) is 19.0 Å². The maximum atomic E-state index is 13.3. The molecule has 17 heteroatoms. The first kappa shape index (κ1) is 33.9. The lowest BCUT2D eigenvalue weighted by molar-refractivity contribution is -0.264. The minimum absolute atomic E-state index is 0.174. The molecular formula is C24H33F6N5O6. The normalized spacial score (nSPS) is 18.0. The van der Waals surface area contributed by atoms with Crippen molar-refractivity contribution in [2.75, 3.05) is 32.2 Å². The Kier molecular flexibility index (Phi) is 10.5. The lowest BCUT2D eigenvalue weighted by Crippen LogP contribution is -2.51. The molecule has 3 N–H and O–H groups in total. The molecule has 1 fully saturated rings. The molecule has 0 spiro atoms. The zero-order valence-electron chi connectivity index (χ0n) is 23.2. The van der Waals surface area contributed by atoms with Crippen LogP contribution in [0.15, 0.2) is 18.3 Å². The highest BCUT2D eigenvalue weighted by Gasteiger charge is 2.50. The molecule has 0 aromatic carbocycles. The number of carbonyl (C=O) groups excluding carboxylic acids is 3. The molecule has 1 aromatic heterocycles. The fourth-order valence-corrected chi connectivity index (χ4v) is 3.48. The van der Waals surface area contributed by atoms with Crippen LogP contribution in [0.5, 0.6) is 0 Å². The molecule has 41 heavy (non-hydrogen) atoms. The summed E-state index contributed by atoms with van der Waals surface area (Å²) in [5.41, 5.74) is -3.42. The SMILES string of the molecule is COC[C@H](c1ccnc(NC(=O)[C@@H](COC(C)(C)C(F)(F)F)NC(=O)OC(C)(C)C)c1)N1C[C@@H](C(F)(F)F)NC1=O. The number of hydrogen-bond donors (Lipinski definition) is 3. The number of alkyl carbamates (subject to hydrolysis) is 1. The Bertz CT molecular complexity index is 1090. The van der Waals surface area contributed by atoms with Gasteiger partial charge in [-0.05, 0) is 52.3 Å². The van der Waals surface area contributed by atoms with Crippen LogP contribution in [0, 0.1) is 0 Å². The van der Waals surface area contributed by atoms with Crippen molar-refractivity contribution < 1.29 is 54.9 Å². The number of aromatic nitrogens is 1. The van der Waals surface area contributed by atoms with E-state index in [1.807, 2.05) is 5.32 Å². The largest absolute Gasteiger partial charge is 0.444 e. The number of nitrogens with zero attached hydrogens (tertiary/aromatic N) is 2. The zero-order valence-corrected chi connectivity index (χ0v) is 23.2. The van der Waals surface area contributed by atoms with Gasteiger partial charge in [0.2, 0.25) is 0 Å². The Hall–Kier alpha value is -3.34. The standard InChI is InChI=1S/C24H33F6N5O6/c1-21(2,3)41-20(38)32-14(11-40-22(4,5)24(28,29)30)18(36)34-17-9-13(7-8-31-17)15(12-39-6)35-10-16(23(25,26)27)33-19(35)37/h7-9,14-16H,10-12H2,1-6H3,(H,32,38)(H,33,37)(H,31,34,36)/t14-,15-,16+/m1/s1. The number of carbonyl (C=O) groups is 3. The second kappa shape index (κ2) is 12.7. The molecule has 2 heterocycles. The van der Waals surface area contributed by atoms with Gasteiger partial charge in [0.25, 0.3) is 5.91 Å². The summed E-state index contributed by atoms with van der Waals surface area (Å²) in [7, 11) is 1.28. The van der Waals surface area contributed by atoms with Gasteiger partial charge in [0, 0.05) is 13.3 Å². The molecule has 2 rings (SSSR count). The molecule has 0 bridgehead atoms. The predicted molar refractivity (Wildman–Crippen MR) is 132 cm³/mol. The first-order valence-corrected chi connectivity index (χ1v) is 12.2. The van der Waals surface area contributed by atoms with Crippen molar-refractivity contribution in [1.29, 1.82) is 0 Å². The molecule has 1 aromatic rings. The highest BCUT2D eigenvalue weighted by molar-refractivity contribution is 5.96. The van der Waals surface area contributed by atoms with Crippen LogP contribution in [0.4, 0.5) is 41.7 Å². The van der Waals surface area contributed by atoms with E-state index in [4.69, 9.17) is 14.2 Å². The van der Waals surface area contributed by atoms with Gasteiger partial charge in [-0.3, -0.25) is 4.79 Å². The number of hydrogen-bond acceptors (Lipinski definition) is 7. The Labute approximate surface area is 232 Å². The van der Waals surface area contributed by atoms with E-state index < -0.39 is 72.9 Å². The van der Waals surface area contributed by atoms with Gasteiger partial charge < -0.3 is 35.1 Å². The van der Waals surface area contributed by atoms with Crippen LogP contribution in [0.3, 0.4) is 0 Å². The highest BCUT2D eigenvalue weighted by Crippen LogP contribution is 2.33. The van der Waals surface area contributed by atoms with E-state index in [0.717, 1.165) is 18.7 Å². The van der Waals surface area contributed by atoms with Crippen LogP contribution in [0.25, 0.3) is 0 Å². The Balaban J connectivity index is 2.28. The second-order valence-corrected chi connectivity index (χ2v) is 10.6. The number of ether oxygens (including phenoxy) is 3. The van der Waals surface area contributed by atoms with Crippen molar-refractivity contribution >= 4 is 23.8 Å². The molecular weight excluding hydrogens is 568 g/mol. The van der Waals surface area contributed by atoms with Gasteiger partial charge in [-0.1, -0.05) is 0 Å². The van der Waals surface area contributed by atoms with Crippen LogP contribution in [0.2, 0.25) is 0 Å². The number of pyridine rings is 1. The number of rotatable bonds is 10. The van der Waals surface area contributed by atoms with E-state index in [9.17, 15) is 40.7 Å². The number of nitrogens with one attached hydrogen (secondary N) is 3. The molecule has 0 aliphatic carbocycles. The van der Waals surface area contributed by atoms with Gasteiger partial charge in [0.15, 0.2) is 5.60 Å². The third-order valence-corrected chi connectivity index (χ3v) is 5.75. The molecule has 4 amide bonds. The van der Waals surface area contributed by atoms with E-state index in [2.05, 4.69) is 15.6 Å². The van der Waals surface area contributed by atoms with Crippen LogP contribution in [-0.4, -0.2) is 90.4 Å². The first-order chi connectivity index (χ1) is 18.6. The quantitative estimate of drug-likeness (QED) is 0.347. The summed E-state index contributed by atoms with van der Waals surface area (Å²) < 4.78 is 94.5. The third kappa shape index (κ3) is 9.62. The molecule has 1 saturated heterocycles. The fourth-order valence-electron chi connectivity index (χ4n) is 3.48. The lowest BCUT2D eigenvalue weighted by atomic mass is 10.1. The number of amides is 4. The number of methoxy groups -OCH3 is 1. The van der Waals surface area contributed by atoms with Crippen LogP contribution < -0.4 is 16.0 Å². The minimum atomic E-state index is -4.79. The van der Waals surface area contributed by atoms with E-state index in [0.29, 0.717) is 0 Å². The monoisotopic (exact) mass is 601 g/mol. The molecule has 0 saturated carbocycles. The Morgan fingerprint density at radius 1 is 1.12 bits per heavy atom. The van der Waals surface area contributed by atoms with Crippen molar-refractivity contribution in [3.8, 4) is 0 Å². The van der Waals surface area contributed by atoms with Gasteiger partial charge >= 0.3 is 24.5 Å². The van der Waals surface area contributed by atoms with Crippen molar-refractivity contribution in [3.63, 3.8) is 0 Å². The summed E-state index contributed by atoms with van der Waals surface area (Å²) in [4.78, 5) is 42.5. The highest BCUT2D eigenvalue weighted by atomic mass is 19.4. The molecule has 0 radical (unpaired) electrons. The van der Waals surface area contributed by atoms with E-state index in [-0.39, 0.29) is 18.0 Å². The van der Waals surface area contributed by atoms with Crippen molar-refractivity contribution in [2.45, 2.75) is 76.3 Å². The summed E-state index contributed by atoms with van der Waals surface area (Å²) in [5, 5.41) is 6.36. The molecule has 1 aliphatic heterocycles. The number of halogens is 6. The van der Waals surface area contributed by atoms with Gasteiger partial charge in [-0.25, -0.2) is 14.6 Å². The van der Waals surface area contributed by atoms with E-state index >= 15 is 0 Å². The maximum Gasteiger partial charge on any atom is 0.416 e. The summed E-state index contributed by atoms with van der Waals surface area (Å²) >= 11 is 0. The average Bonchev–Trinajstić information content (AvgIpc) is 3.20. The maximum absolute atomic E-state index is 13.3. The summed E-state index contributed by atoms with van der Waals surface area (Å²) in [6, 6.07) is -3.14. The summed E-state index contributed by atoms with van der Waals surface area (Å²) in [6.45, 7) is 4.28. The predicted octanol–water partition coefficient (Wildman–Crippen LogP) is 3.91. The van der Waals surface area contributed by atoms with Crippen LogP contribution in [0.1, 0.15) is 46.2 Å². The molecule has 232 valence electrons. The van der Waals surface area contributed by atoms with Crippen LogP contribution >= 0.6 is 0 Å². The van der Waals surface area contributed by atoms with Gasteiger partial charge in [0.1, 0.15) is 23.5 Å². The van der Waals surface area contributed by atoms with E-state index in [1.165, 1.54) is 46.2 Å². The zero-order chi connectivity index (χ0) is 31.4. The summed E-state index contributed by atoms with van der Waals surface area (Å²) in [5.74, 6) is -1.20. The molecule has 3 atom stereocenters. The molecule has 11 nitrogen and oxygen atoms in total. The minimum Gasteiger partial charge on any atom is -0.444 e. The topological polar surface area (TPSA) is 131 Å². The van der Waals surface area contributed by atoms with Crippen molar-refractivity contribution in [2.24, 2.45) is 0 Å². The fraction of sp³-hybridized carbons (Fsp3) is 0.667. The average molecular weight is 602 g/mol. The number of urea groups is 1. The number of alkyl halides is 6. The molecule has 0 unspecified atom stereocenters. The van der Waals surface area contributed by atoms with E-state index in [1.54, 1.807) is 0 Å². The Morgan fingerprint density at radius 2 is 1.76 bits per heavy atom. The third-order valence-electron chi connectivity index (χ3n) is 5.75.